The molecule has 0 unspecified atom stereocenters. The largest absolute Gasteiger partial charge is 0.342 e. The van der Waals surface area contributed by atoms with Crippen molar-refractivity contribution < 1.29 is 14.0 Å². The van der Waals surface area contributed by atoms with Crippen molar-refractivity contribution in [3.05, 3.63) is 36.4 Å². The Morgan fingerprint density at radius 3 is 2.40 bits per heavy atom. The van der Waals surface area contributed by atoms with E-state index in [1.165, 1.54) is 24.2 Å². The van der Waals surface area contributed by atoms with Crippen molar-refractivity contribution in [2.75, 3.05) is 51.6 Å². The van der Waals surface area contributed by atoms with Gasteiger partial charge in [-0.25, -0.2) is 4.39 Å². The minimum Gasteiger partial charge on any atom is -0.342 e. The molecule has 1 aromatic carbocycles. The fraction of sp³-hybridized carbons (Fsp3) is 0.500. The Morgan fingerprint density at radius 1 is 0.967 bits per heavy atom. The van der Waals surface area contributed by atoms with Gasteiger partial charge in [0, 0.05) is 39.3 Å². The molecule has 0 spiro atoms. The standard InChI is InChI=1S/C20H25FN6O2S/c21-16-5-1-2-6-17(16)27-15-22-23-20(27)30-14-19(29)26-11-9-24(10-12-26)13-18(28)25-7-3-4-8-25/h1-2,5-6,15H,3-4,7-14H2. The Labute approximate surface area is 179 Å². The monoisotopic (exact) mass is 432 g/mol. The summed E-state index contributed by atoms with van der Waals surface area (Å²) in [6.45, 7) is 4.77. The first-order valence-electron chi connectivity index (χ1n) is 10.2. The Kier molecular flexibility index (Phi) is 6.63. The molecule has 0 N–H and O–H groups in total. The molecular weight excluding hydrogens is 407 g/mol. The summed E-state index contributed by atoms with van der Waals surface area (Å²) < 4.78 is 15.6. The summed E-state index contributed by atoms with van der Waals surface area (Å²) in [5, 5.41) is 8.35. The number of amides is 2. The van der Waals surface area contributed by atoms with Gasteiger partial charge in [0.05, 0.1) is 18.0 Å². The molecule has 2 aliphatic rings. The van der Waals surface area contributed by atoms with Crippen LogP contribution in [0, 0.1) is 5.82 Å². The predicted octanol–water partition coefficient (Wildman–Crippen LogP) is 1.27. The fourth-order valence-corrected chi connectivity index (χ4v) is 4.59. The summed E-state index contributed by atoms with van der Waals surface area (Å²) in [6, 6.07) is 6.39. The molecule has 4 rings (SSSR count). The average molecular weight is 433 g/mol. The van der Waals surface area contributed by atoms with Crippen LogP contribution in [-0.4, -0.2) is 92.8 Å². The van der Waals surface area contributed by atoms with E-state index in [-0.39, 0.29) is 23.4 Å². The summed E-state index contributed by atoms with van der Waals surface area (Å²) >= 11 is 1.24. The highest BCUT2D eigenvalue weighted by atomic mass is 32.2. The molecule has 2 amide bonds. The van der Waals surface area contributed by atoms with Crippen molar-refractivity contribution in [1.29, 1.82) is 0 Å². The van der Waals surface area contributed by atoms with E-state index in [2.05, 4.69) is 15.1 Å². The first-order valence-corrected chi connectivity index (χ1v) is 11.2. The quantitative estimate of drug-likeness (QED) is 0.640. The van der Waals surface area contributed by atoms with E-state index < -0.39 is 0 Å². The van der Waals surface area contributed by atoms with Gasteiger partial charge in [-0.05, 0) is 25.0 Å². The highest BCUT2D eigenvalue weighted by Gasteiger charge is 2.25. The Bertz CT molecular complexity index is 893. The lowest BCUT2D eigenvalue weighted by atomic mass is 10.3. The number of halogens is 1. The number of likely N-dealkylation sites (tertiary alicyclic amines) is 1. The Balaban J connectivity index is 1.26. The molecule has 0 atom stereocenters. The van der Waals surface area contributed by atoms with Crippen molar-refractivity contribution in [3.63, 3.8) is 0 Å². The van der Waals surface area contributed by atoms with E-state index in [1.54, 1.807) is 22.8 Å². The van der Waals surface area contributed by atoms with Gasteiger partial charge in [-0.2, -0.15) is 0 Å². The van der Waals surface area contributed by atoms with Crippen molar-refractivity contribution in [2.45, 2.75) is 18.0 Å². The van der Waals surface area contributed by atoms with Crippen LogP contribution in [0.2, 0.25) is 0 Å². The van der Waals surface area contributed by atoms with Gasteiger partial charge in [-0.15, -0.1) is 10.2 Å². The van der Waals surface area contributed by atoms with Crippen LogP contribution in [-0.2, 0) is 9.59 Å². The normalized spacial score (nSPS) is 17.5. The molecule has 2 fully saturated rings. The van der Waals surface area contributed by atoms with Crippen molar-refractivity contribution in [2.24, 2.45) is 0 Å². The van der Waals surface area contributed by atoms with Gasteiger partial charge in [-0.3, -0.25) is 19.1 Å². The smallest absolute Gasteiger partial charge is 0.236 e. The summed E-state index contributed by atoms with van der Waals surface area (Å²) in [7, 11) is 0. The predicted molar refractivity (Wildman–Crippen MR) is 111 cm³/mol. The highest BCUT2D eigenvalue weighted by molar-refractivity contribution is 7.99. The maximum atomic E-state index is 14.1. The molecule has 3 heterocycles. The number of hydrogen-bond acceptors (Lipinski definition) is 6. The molecule has 0 aliphatic carbocycles. The molecule has 2 saturated heterocycles. The third-order valence-electron chi connectivity index (χ3n) is 5.50. The second-order valence-electron chi connectivity index (χ2n) is 7.47. The van der Waals surface area contributed by atoms with Crippen molar-refractivity contribution in [1.82, 2.24) is 29.5 Å². The van der Waals surface area contributed by atoms with Crippen molar-refractivity contribution in [3.8, 4) is 5.69 Å². The molecule has 2 aromatic rings. The van der Waals surface area contributed by atoms with Gasteiger partial charge in [0.1, 0.15) is 12.1 Å². The molecule has 8 nitrogen and oxygen atoms in total. The summed E-state index contributed by atoms with van der Waals surface area (Å²) in [6.07, 6.45) is 3.63. The minimum atomic E-state index is -0.370. The Morgan fingerprint density at radius 2 is 1.67 bits per heavy atom. The van der Waals surface area contributed by atoms with Crippen LogP contribution in [0.15, 0.2) is 35.7 Å². The number of rotatable bonds is 6. The number of aromatic nitrogens is 3. The topological polar surface area (TPSA) is 74.6 Å². The van der Waals surface area contributed by atoms with E-state index in [0.717, 1.165) is 25.9 Å². The van der Waals surface area contributed by atoms with E-state index in [0.29, 0.717) is 43.6 Å². The van der Waals surface area contributed by atoms with Crippen LogP contribution in [0.1, 0.15) is 12.8 Å². The number of thioether (sulfide) groups is 1. The fourth-order valence-electron chi connectivity index (χ4n) is 3.77. The van der Waals surface area contributed by atoms with Crippen LogP contribution in [0.5, 0.6) is 0 Å². The van der Waals surface area contributed by atoms with E-state index in [1.807, 2.05) is 9.80 Å². The maximum absolute atomic E-state index is 14.1. The first kappa shape index (κ1) is 20.8. The lowest BCUT2D eigenvalue weighted by Gasteiger charge is -2.35. The summed E-state index contributed by atoms with van der Waals surface area (Å²) in [5.41, 5.74) is 0.355. The van der Waals surface area contributed by atoms with Crippen LogP contribution < -0.4 is 0 Å². The zero-order chi connectivity index (χ0) is 20.9. The molecule has 30 heavy (non-hydrogen) atoms. The second kappa shape index (κ2) is 9.57. The lowest BCUT2D eigenvalue weighted by Crippen LogP contribution is -2.51. The van der Waals surface area contributed by atoms with Gasteiger partial charge in [0.25, 0.3) is 0 Å². The van der Waals surface area contributed by atoms with Gasteiger partial charge in [-0.1, -0.05) is 23.9 Å². The number of para-hydroxylation sites is 1. The first-order chi connectivity index (χ1) is 14.6. The lowest BCUT2D eigenvalue weighted by molar-refractivity contribution is -0.133. The number of benzene rings is 1. The molecule has 0 radical (unpaired) electrons. The molecule has 2 aliphatic heterocycles. The zero-order valence-electron chi connectivity index (χ0n) is 16.7. The minimum absolute atomic E-state index is 0.00797. The number of carbonyl (C=O) groups is 2. The number of nitrogens with zero attached hydrogens (tertiary/aromatic N) is 6. The molecule has 160 valence electrons. The van der Waals surface area contributed by atoms with E-state index >= 15 is 0 Å². The van der Waals surface area contributed by atoms with Crippen LogP contribution in [0.25, 0.3) is 5.69 Å². The van der Waals surface area contributed by atoms with E-state index in [4.69, 9.17) is 0 Å². The van der Waals surface area contributed by atoms with Gasteiger partial charge in [0.2, 0.25) is 11.8 Å². The maximum Gasteiger partial charge on any atom is 0.236 e. The number of carbonyl (C=O) groups excluding carboxylic acids is 2. The average Bonchev–Trinajstić information content (AvgIpc) is 3.45. The van der Waals surface area contributed by atoms with Gasteiger partial charge < -0.3 is 9.80 Å². The van der Waals surface area contributed by atoms with Crippen LogP contribution in [0.3, 0.4) is 0 Å². The summed E-state index contributed by atoms with van der Waals surface area (Å²) in [5.74, 6) is 0.0360. The van der Waals surface area contributed by atoms with Crippen LogP contribution >= 0.6 is 11.8 Å². The third-order valence-corrected chi connectivity index (χ3v) is 6.42. The second-order valence-corrected chi connectivity index (χ2v) is 8.41. The molecule has 0 saturated carbocycles. The number of hydrogen-bond donors (Lipinski definition) is 0. The van der Waals surface area contributed by atoms with E-state index in [9.17, 15) is 14.0 Å². The molecule has 10 heteroatoms. The van der Waals surface area contributed by atoms with Gasteiger partial charge in [0.15, 0.2) is 5.16 Å². The molecule has 0 bridgehead atoms. The molecular formula is C20H25FN6O2S. The van der Waals surface area contributed by atoms with Crippen LogP contribution in [0.4, 0.5) is 4.39 Å². The SMILES string of the molecule is O=C(CSc1nncn1-c1ccccc1F)N1CCN(CC(=O)N2CCCC2)CC1. The number of piperazine rings is 1. The third kappa shape index (κ3) is 4.81. The highest BCUT2D eigenvalue weighted by Crippen LogP contribution is 2.22. The molecule has 1 aromatic heterocycles. The van der Waals surface area contributed by atoms with Crippen molar-refractivity contribution >= 4 is 23.6 Å². The summed E-state index contributed by atoms with van der Waals surface area (Å²) in [4.78, 5) is 30.8. The zero-order valence-corrected chi connectivity index (χ0v) is 17.6. The Hall–Kier alpha value is -2.46. The van der Waals surface area contributed by atoms with Gasteiger partial charge >= 0.3 is 0 Å².